The first-order chi connectivity index (χ1) is 34.5. The van der Waals surface area contributed by atoms with Crippen LogP contribution in [0, 0.1) is 0 Å². The van der Waals surface area contributed by atoms with Gasteiger partial charge in [-0.05, 0) is 44.9 Å². The number of ether oxygens (including phenoxy) is 3. The Morgan fingerprint density at radius 3 is 0.843 bits per heavy atom. The van der Waals surface area contributed by atoms with Crippen LogP contribution in [0.1, 0.15) is 323 Å². The highest BCUT2D eigenvalue weighted by Crippen LogP contribution is 2.18. The zero-order valence-corrected chi connectivity index (χ0v) is 46.8. The van der Waals surface area contributed by atoms with Gasteiger partial charge in [0, 0.05) is 19.3 Å². The summed E-state index contributed by atoms with van der Waals surface area (Å²) in [6, 6.07) is 0. The summed E-state index contributed by atoms with van der Waals surface area (Å²) < 4.78 is 16.7. The van der Waals surface area contributed by atoms with Gasteiger partial charge in [0.05, 0.1) is 0 Å². The topological polar surface area (TPSA) is 78.9 Å². The van der Waals surface area contributed by atoms with Gasteiger partial charge in [-0.2, -0.15) is 0 Å². The number of hydrogen-bond donors (Lipinski definition) is 0. The van der Waals surface area contributed by atoms with E-state index >= 15 is 0 Å². The Kier molecular flexibility index (Phi) is 56.7. The lowest BCUT2D eigenvalue weighted by Crippen LogP contribution is -2.30. The van der Waals surface area contributed by atoms with Crippen molar-refractivity contribution >= 4 is 17.9 Å². The first kappa shape index (κ1) is 67.4. The van der Waals surface area contributed by atoms with Crippen molar-refractivity contribution in [3.63, 3.8) is 0 Å². The average molecular weight is 982 g/mol. The minimum absolute atomic E-state index is 0.0978. The third kappa shape index (κ3) is 56.3. The van der Waals surface area contributed by atoms with Crippen molar-refractivity contribution in [1.29, 1.82) is 0 Å². The van der Waals surface area contributed by atoms with Gasteiger partial charge in [0.1, 0.15) is 13.2 Å². The van der Waals surface area contributed by atoms with Crippen molar-refractivity contribution in [3.8, 4) is 0 Å². The van der Waals surface area contributed by atoms with Crippen LogP contribution in [0.25, 0.3) is 0 Å². The molecule has 1 unspecified atom stereocenters. The molecule has 0 aliphatic rings. The minimum Gasteiger partial charge on any atom is -0.462 e. The number of carbonyl (C=O) groups is 3. The first-order valence-electron chi connectivity index (χ1n) is 30.6. The molecule has 0 aromatic heterocycles. The molecular formula is C64H116O6. The number of hydrogen-bond acceptors (Lipinski definition) is 6. The van der Waals surface area contributed by atoms with Crippen molar-refractivity contribution < 1.29 is 28.6 Å². The van der Waals surface area contributed by atoms with Crippen molar-refractivity contribution in [2.75, 3.05) is 13.2 Å². The van der Waals surface area contributed by atoms with E-state index in [1.807, 2.05) is 6.08 Å². The fourth-order valence-corrected chi connectivity index (χ4v) is 9.05. The Labute approximate surface area is 435 Å². The van der Waals surface area contributed by atoms with E-state index in [-0.39, 0.29) is 37.5 Å². The second kappa shape index (κ2) is 58.9. The molecule has 0 fully saturated rings. The molecule has 0 spiro atoms. The van der Waals surface area contributed by atoms with Crippen molar-refractivity contribution in [2.45, 2.75) is 329 Å². The largest absolute Gasteiger partial charge is 0.462 e. The summed E-state index contributed by atoms with van der Waals surface area (Å²) in [7, 11) is 0. The number of carbonyl (C=O) groups excluding carboxylic acids is 3. The Hall–Kier alpha value is -2.63. The maximum atomic E-state index is 12.8. The number of unbranched alkanes of at least 4 members (excludes halogenated alkanes) is 37. The minimum atomic E-state index is -0.806. The van der Waals surface area contributed by atoms with Crippen LogP contribution in [0.4, 0.5) is 0 Å². The molecule has 0 aromatic rings. The number of rotatable bonds is 56. The summed E-state index contributed by atoms with van der Waals surface area (Å²) in [6.07, 6.45) is 73.1. The van der Waals surface area contributed by atoms with Gasteiger partial charge in [-0.15, -0.1) is 0 Å². The molecule has 0 radical (unpaired) electrons. The maximum Gasteiger partial charge on any atom is 0.306 e. The lowest BCUT2D eigenvalue weighted by Gasteiger charge is -2.18. The highest BCUT2D eigenvalue weighted by Gasteiger charge is 2.19. The van der Waals surface area contributed by atoms with Crippen LogP contribution >= 0.6 is 0 Å². The smallest absolute Gasteiger partial charge is 0.306 e. The van der Waals surface area contributed by atoms with Crippen LogP contribution in [-0.4, -0.2) is 37.2 Å². The lowest BCUT2D eigenvalue weighted by molar-refractivity contribution is -0.166. The van der Waals surface area contributed by atoms with Crippen molar-refractivity contribution in [2.24, 2.45) is 0 Å². The SMILES string of the molecule is CC/C=C\C/C=C\C/C=C\C/C=C\CCC(=O)OC(COC(=O)CCCCCCCCCCC)COC(=O)CCCCCCCCCCCCCCCCCCCCCCCCCCCCCCCC. The van der Waals surface area contributed by atoms with Gasteiger partial charge in [-0.25, -0.2) is 0 Å². The summed E-state index contributed by atoms with van der Waals surface area (Å²) in [5, 5.41) is 0. The second-order valence-corrected chi connectivity index (χ2v) is 20.6. The molecule has 0 N–H and O–H groups in total. The molecule has 1 atom stereocenters. The van der Waals surface area contributed by atoms with E-state index in [0.29, 0.717) is 19.3 Å². The molecule has 0 aromatic carbocycles. The molecule has 6 heteroatoms. The fraction of sp³-hybridized carbons (Fsp3) is 0.828. The highest BCUT2D eigenvalue weighted by molar-refractivity contribution is 5.71. The molecule has 0 saturated carbocycles. The summed E-state index contributed by atoms with van der Waals surface area (Å²) in [5.41, 5.74) is 0. The monoisotopic (exact) mass is 981 g/mol. The van der Waals surface area contributed by atoms with Crippen LogP contribution in [0.2, 0.25) is 0 Å². The van der Waals surface area contributed by atoms with Gasteiger partial charge < -0.3 is 14.2 Å². The molecule has 0 heterocycles. The highest BCUT2D eigenvalue weighted by atomic mass is 16.6. The van der Waals surface area contributed by atoms with E-state index in [4.69, 9.17) is 14.2 Å². The van der Waals surface area contributed by atoms with E-state index in [0.717, 1.165) is 64.2 Å². The molecular weight excluding hydrogens is 865 g/mol. The molecule has 0 aliphatic carbocycles. The molecule has 0 bridgehead atoms. The van der Waals surface area contributed by atoms with Gasteiger partial charge in [0.15, 0.2) is 6.10 Å². The zero-order valence-electron chi connectivity index (χ0n) is 46.8. The Morgan fingerprint density at radius 1 is 0.300 bits per heavy atom. The summed E-state index contributed by atoms with van der Waals surface area (Å²) >= 11 is 0. The molecule has 0 rings (SSSR count). The normalized spacial score (nSPS) is 12.3. The summed E-state index contributed by atoms with van der Waals surface area (Å²) in [4.78, 5) is 37.9. The molecule has 70 heavy (non-hydrogen) atoms. The van der Waals surface area contributed by atoms with Gasteiger partial charge in [-0.1, -0.05) is 307 Å². The molecule has 408 valence electrons. The van der Waals surface area contributed by atoms with E-state index in [2.05, 4.69) is 63.3 Å². The first-order valence-corrected chi connectivity index (χ1v) is 30.6. The maximum absolute atomic E-state index is 12.8. The third-order valence-corrected chi connectivity index (χ3v) is 13.6. The van der Waals surface area contributed by atoms with E-state index in [1.54, 1.807) is 0 Å². The van der Waals surface area contributed by atoms with Crippen LogP contribution in [-0.2, 0) is 28.6 Å². The Morgan fingerprint density at radius 2 is 0.557 bits per heavy atom. The van der Waals surface area contributed by atoms with Gasteiger partial charge >= 0.3 is 17.9 Å². The lowest BCUT2D eigenvalue weighted by atomic mass is 10.0. The predicted molar refractivity (Wildman–Crippen MR) is 302 cm³/mol. The zero-order chi connectivity index (χ0) is 50.7. The second-order valence-electron chi connectivity index (χ2n) is 20.6. The Bertz CT molecular complexity index is 1220. The van der Waals surface area contributed by atoms with Crippen LogP contribution in [0.3, 0.4) is 0 Å². The van der Waals surface area contributed by atoms with E-state index < -0.39 is 6.10 Å². The predicted octanol–water partition coefficient (Wildman–Crippen LogP) is 20.6. The quantitative estimate of drug-likeness (QED) is 0.0261. The van der Waals surface area contributed by atoms with Crippen LogP contribution in [0.15, 0.2) is 48.6 Å². The van der Waals surface area contributed by atoms with E-state index in [1.165, 1.54) is 212 Å². The standard InChI is InChI=1S/C64H116O6/c1-4-7-10-13-16-19-21-23-24-25-26-27-28-29-30-31-32-33-34-35-36-37-38-39-41-42-45-48-51-54-57-63(66)69-60-61(59-68-62(65)56-53-50-47-44-18-15-12-9-6-3)70-64(67)58-55-52-49-46-43-40-22-20-17-14-11-8-5-2/h8,11,17,20,40,43,49,52,61H,4-7,9-10,12-16,18-19,21-39,41-42,44-48,50-51,53-60H2,1-3H3/b11-8-,20-17-,43-40-,52-49-. The van der Waals surface area contributed by atoms with Crippen LogP contribution < -0.4 is 0 Å². The molecule has 0 amide bonds. The average Bonchev–Trinajstić information content (AvgIpc) is 3.36. The van der Waals surface area contributed by atoms with Gasteiger partial charge in [-0.3, -0.25) is 14.4 Å². The van der Waals surface area contributed by atoms with E-state index in [9.17, 15) is 14.4 Å². The fourth-order valence-electron chi connectivity index (χ4n) is 9.05. The molecule has 0 aliphatic heterocycles. The Balaban J connectivity index is 4.06. The van der Waals surface area contributed by atoms with Crippen molar-refractivity contribution in [3.05, 3.63) is 48.6 Å². The molecule has 6 nitrogen and oxygen atoms in total. The van der Waals surface area contributed by atoms with Crippen LogP contribution in [0.5, 0.6) is 0 Å². The number of allylic oxidation sites excluding steroid dienone is 8. The third-order valence-electron chi connectivity index (χ3n) is 13.6. The summed E-state index contributed by atoms with van der Waals surface area (Å²) in [6.45, 7) is 6.48. The number of esters is 3. The van der Waals surface area contributed by atoms with Crippen molar-refractivity contribution in [1.82, 2.24) is 0 Å². The summed E-state index contributed by atoms with van der Waals surface area (Å²) in [5.74, 6) is -0.970. The molecule has 0 saturated heterocycles. The van der Waals surface area contributed by atoms with Gasteiger partial charge in [0.25, 0.3) is 0 Å². The van der Waals surface area contributed by atoms with Gasteiger partial charge in [0.2, 0.25) is 0 Å².